The predicted octanol–water partition coefficient (Wildman–Crippen LogP) is 0.820. The van der Waals surface area contributed by atoms with Crippen LogP contribution in [0.5, 0.6) is 0 Å². The van der Waals surface area contributed by atoms with Crippen molar-refractivity contribution in [2.45, 2.75) is 24.0 Å². The Bertz CT molecular complexity index is 675. The van der Waals surface area contributed by atoms with Gasteiger partial charge < -0.3 is 14.8 Å². The van der Waals surface area contributed by atoms with E-state index in [4.69, 9.17) is 9.47 Å². The van der Waals surface area contributed by atoms with Crippen LogP contribution in [-0.4, -0.2) is 58.3 Å². The van der Waals surface area contributed by atoms with Gasteiger partial charge in [0.25, 0.3) is 5.91 Å². The van der Waals surface area contributed by atoms with Crippen LogP contribution in [0.2, 0.25) is 0 Å². The minimum atomic E-state index is -3.54. The fourth-order valence-corrected chi connectivity index (χ4v) is 4.58. The number of hydrogen-bond donors (Lipinski definition) is 1. The summed E-state index contributed by atoms with van der Waals surface area (Å²) < 4.78 is 38.0. The SMILES string of the molecule is CNC(=O)c1ccc(S(=O)(=O)N2CCC(C3OCCO3)CC2)cc1. The third-order valence-electron chi connectivity index (χ3n) is 4.51. The molecule has 24 heavy (non-hydrogen) atoms. The van der Waals surface area contributed by atoms with Gasteiger partial charge in [-0.15, -0.1) is 0 Å². The Hall–Kier alpha value is -1.48. The number of ether oxygens (including phenoxy) is 2. The van der Waals surface area contributed by atoms with Crippen LogP contribution in [0.3, 0.4) is 0 Å². The number of rotatable bonds is 4. The summed E-state index contributed by atoms with van der Waals surface area (Å²) in [7, 11) is -2.00. The highest BCUT2D eigenvalue weighted by Gasteiger charge is 2.34. The van der Waals surface area contributed by atoms with Crippen LogP contribution in [0, 0.1) is 5.92 Å². The zero-order valence-electron chi connectivity index (χ0n) is 13.6. The predicted molar refractivity (Wildman–Crippen MR) is 87.0 cm³/mol. The summed E-state index contributed by atoms with van der Waals surface area (Å²) in [4.78, 5) is 11.8. The molecule has 0 saturated carbocycles. The Morgan fingerprint density at radius 2 is 1.71 bits per heavy atom. The van der Waals surface area contributed by atoms with Gasteiger partial charge in [0.2, 0.25) is 10.0 Å². The molecule has 2 saturated heterocycles. The number of carbonyl (C=O) groups excluding carboxylic acids is 1. The molecule has 2 aliphatic rings. The summed E-state index contributed by atoms with van der Waals surface area (Å²) in [6, 6.07) is 6.02. The molecule has 0 aliphatic carbocycles. The number of nitrogens with zero attached hydrogens (tertiary/aromatic N) is 1. The Kier molecular flexibility index (Phi) is 5.19. The lowest BCUT2D eigenvalue weighted by atomic mass is 9.98. The monoisotopic (exact) mass is 354 g/mol. The smallest absolute Gasteiger partial charge is 0.251 e. The van der Waals surface area contributed by atoms with E-state index in [2.05, 4.69) is 5.32 Å². The third-order valence-corrected chi connectivity index (χ3v) is 6.43. The van der Waals surface area contributed by atoms with Gasteiger partial charge in [0.1, 0.15) is 0 Å². The summed E-state index contributed by atoms with van der Waals surface area (Å²) in [5, 5.41) is 2.51. The molecule has 1 aromatic carbocycles. The highest BCUT2D eigenvalue weighted by molar-refractivity contribution is 7.89. The van der Waals surface area contributed by atoms with Gasteiger partial charge in [-0.25, -0.2) is 8.42 Å². The third kappa shape index (κ3) is 3.46. The van der Waals surface area contributed by atoms with Crippen molar-refractivity contribution < 1.29 is 22.7 Å². The summed E-state index contributed by atoms with van der Waals surface area (Å²) in [5.41, 5.74) is 0.436. The van der Waals surface area contributed by atoms with E-state index in [-0.39, 0.29) is 23.0 Å². The van der Waals surface area contributed by atoms with E-state index in [0.717, 1.165) is 12.8 Å². The number of piperidine rings is 1. The average molecular weight is 354 g/mol. The molecule has 7 nitrogen and oxygen atoms in total. The highest BCUT2D eigenvalue weighted by atomic mass is 32.2. The lowest BCUT2D eigenvalue weighted by molar-refractivity contribution is -0.0938. The number of amides is 1. The molecule has 2 fully saturated rings. The van der Waals surface area contributed by atoms with E-state index in [1.165, 1.54) is 35.6 Å². The van der Waals surface area contributed by atoms with E-state index < -0.39 is 10.0 Å². The van der Waals surface area contributed by atoms with Gasteiger partial charge in [-0.05, 0) is 37.1 Å². The summed E-state index contributed by atoms with van der Waals surface area (Å²) in [6.45, 7) is 2.13. The van der Waals surface area contributed by atoms with Crippen molar-refractivity contribution in [2.75, 3.05) is 33.4 Å². The van der Waals surface area contributed by atoms with Crippen LogP contribution >= 0.6 is 0 Å². The maximum absolute atomic E-state index is 12.7. The van der Waals surface area contributed by atoms with Crippen molar-refractivity contribution >= 4 is 15.9 Å². The molecule has 0 bridgehead atoms. The zero-order valence-corrected chi connectivity index (χ0v) is 14.4. The number of nitrogens with one attached hydrogen (secondary N) is 1. The zero-order chi connectivity index (χ0) is 17.2. The largest absolute Gasteiger partial charge is 0.355 e. The van der Waals surface area contributed by atoms with Gasteiger partial charge in [0, 0.05) is 31.6 Å². The first kappa shape index (κ1) is 17.3. The fourth-order valence-electron chi connectivity index (χ4n) is 3.11. The maximum Gasteiger partial charge on any atom is 0.251 e. The average Bonchev–Trinajstić information content (AvgIpc) is 3.16. The van der Waals surface area contributed by atoms with Crippen LogP contribution in [0.1, 0.15) is 23.2 Å². The van der Waals surface area contributed by atoms with Gasteiger partial charge >= 0.3 is 0 Å². The van der Waals surface area contributed by atoms with Gasteiger partial charge in [0.15, 0.2) is 6.29 Å². The highest BCUT2D eigenvalue weighted by Crippen LogP contribution is 2.28. The molecule has 2 heterocycles. The van der Waals surface area contributed by atoms with Crippen molar-refractivity contribution in [3.63, 3.8) is 0 Å². The van der Waals surface area contributed by atoms with Gasteiger partial charge in [-0.1, -0.05) is 0 Å². The van der Waals surface area contributed by atoms with Crippen molar-refractivity contribution in [2.24, 2.45) is 5.92 Å². The van der Waals surface area contributed by atoms with Crippen molar-refractivity contribution in [3.8, 4) is 0 Å². The number of sulfonamides is 1. The van der Waals surface area contributed by atoms with Gasteiger partial charge in [-0.2, -0.15) is 4.31 Å². The molecule has 1 aromatic rings. The second kappa shape index (κ2) is 7.18. The number of hydrogen-bond acceptors (Lipinski definition) is 5. The normalized spacial score (nSPS) is 21.0. The lowest BCUT2D eigenvalue weighted by Crippen LogP contribution is -2.41. The van der Waals surface area contributed by atoms with Crippen molar-refractivity contribution in [1.29, 1.82) is 0 Å². The summed E-state index contributed by atoms with van der Waals surface area (Å²) in [5.74, 6) is 0.00546. The summed E-state index contributed by atoms with van der Waals surface area (Å²) in [6.07, 6.45) is 1.25. The molecule has 8 heteroatoms. The molecular formula is C16H22N2O5S. The van der Waals surface area contributed by atoms with Crippen LogP contribution < -0.4 is 5.32 Å². The van der Waals surface area contributed by atoms with Crippen LogP contribution in [0.4, 0.5) is 0 Å². The van der Waals surface area contributed by atoms with E-state index in [1.807, 2.05) is 0 Å². The quantitative estimate of drug-likeness (QED) is 0.865. The lowest BCUT2D eigenvalue weighted by Gasteiger charge is -2.33. The Balaban J connectivity index is 1.66. The first-order chi connectivity index (χ1) is 11.5. The van der Waals surface area contributed by atoms with E-state index >= 15 is 0 Å². The minimum Gasteiger partial charge on any atom is -0.355 e. The molecule has 1 N–H and O–H groups in total. The van der Waals surface area contributed by atoms with E-state index in [1.54, 1.807) is 0 Å². The van der Waals surface area contributed by atoms with E-state index in [0.29, 0.717) is 31.9 Å². The molecule has 0 unspecified atom stereocenters. The Morgan fingerprint density at radius 1 is 1.12 bits per heavy atom. The second-order valence-corrected chi connectivity index (χ2v) is 7.89. The molecule has 0 radical (unpaired) electrons. The molecule has 132 valence electrons. The first-order valence-corrected chi connectivity index (χ1v) is 9.52. The Morgan fingerprint density at radius 3 is 2.25 bits per heavy atom. The van der Waals surface area contributed by atoms with Crippen LogP contribution in [0.15, 0.2) is 29.2 Å². The Labute approximate surface area is 142 Å². The topological polar surface area (TPSA) is 84.9 Å². The standard InChI is InChI=1S/C16H22N2O5S/c1-17-15(19)12-2-4-14(5-3-12)24(20,21)18-8-6-13(7-9-18)16-22-10-11-23-16/h2-5,13,16H,6-11H2,1H3,(H,17,19). The molecule has 2 aliphatic heterocycles. The van der Waals surface area contributed by atoms with Crippen LogP contribution in [-0.2, 0) is 19.5 Å². The first-order valence-electron chi connectivity index (χ1n) is 8.08. The van der Waals surface area contributed by atoms with Gasteiger partial charge in [0.05, 0.1) is 18.1 Å². The van der Waals surface area contributed by atoms with E-state index in [9.17, 15) is 13.2 Å². The van der Waals surface area contributed by atoms with Gasteiger partial charge in [-0.3, -0.25) is 4.79 Å². The molecular weight excluding hydrogens is 332 g/mol. The molecule has 0 aromatic heterocycles. The molecule has 3 rings (SSSR count). The summed E-state index contributed by atoms with van der Waals surface area (Å²) >= 11 is 0. The van der Waals surface area contributed by atoms with Crippen molar-refractivity contribution in [3.05, 3.63) is 29.8 Å². The number of carbonyl (C=O) groups is 1. The second-order valence-electron chi connectivity index (χ2n) is 5.95. The minimum absolute atomic E-state index is 0.193. The molecule has 0 atom stereocenters. The number of benzene rings is 1. The maximum atomic E-state index is 12.7. The fraction of sp³-hybridized carbons (Fsp3) is 0.562. The molecule has 1 amide bonds. The molecule has 0 spiro atoms. The van der Waals surface area contributed by atoms with Crippen molar-refractivity contribution in [1.82, 2.24) is 9.62 Å². The van der Waals surface area contributed by atoms with Crippen LogP contribution in [0.25, 0.3) is 0 Å².